The molecule has 1 fully saturated rings. The third-order valence-corrected chi connectivity index (χ3v) is 4.18. The van der Waals surface area contributed by atoms with E-state index in [1.807, 2.05) is 27.7 Å². The van der Waals surface area contributed by atoms with E-state index in [0.29, 0.717) is 30.3 Å². The van der Waals surface area contributed by atoms with Crippen LogP contribution in [-0.4, -0.2) is 39.8 Å². The van der Waals surface area contributed by atoms with Crippen molar-refractivity contribution in [3.63, 3.8) is 0 Å². The summed E-state index contributed by atoms with van der Waals surface area (Å²) in [5, 5.41) is 16.0. The maximum Gasteiger partial charge on any atom is 0.139 e. The van der Waals surface area contributed by atoms with Gasteiger partial charge in [0.05, 0.1) is 41.3 Å². The first kappa shape index (κ1) is 15.8. The highest BCUT2D eigenvalue weighted by Crippen LogP contribution is 2.52. The van der Waals surface area contributed by atoms with Gasteiger partial charge in [-0.1, -0.05) is 11.6 Å². The third kappa shape index (κ3) is 2.48. The molecule has 0 spiro atoms. The summed E-state index contributed by atoms with van der Waals surface area (Å²) < 4.78 is 12.8. The van der Waals surface area contributed by atoms with E-state index in [-0.39, 0.29) is 0 Å². The Balaban J connectivity index is 2.47. The van der Waals surface area contributed by atoms with Crippen molar-refractivity contribution in [1.29, 1.82) is 0 Å². The van der Waals surface area contributed by atoms with Crippen molar-refractivity contribution in [2.45, 2.75) is 57.5 Å². The molecule has 0 radical (unpaired) electrons. The molecule has 1 atom stereocenters. The van der Waals surface area contributed by atoms with Gasteiger partial charge in [0, 0.05) is 13.5 Å². The van der Waals surface area contributed by atoms with Crippen LogP contribution in [-0.2, 0) is 21.6 Å². The minimum atomic E-state index is -1.18. The molecular weight excluding hydrogens is 280 g/mol. The standard InChI is InChI=1S/C14H23ClN2O3/c1-12(2)9-14(18,13(3,4)20-12)11-10(15)8-16-17(11)6-7-19-5/h8,18H,6-7,9H2,1-5H3. The summed E-state index contributed by atoms with van der Waals surface area (Å²) in [6.45, 7) is 8.74. The quantitative estimate of drug-likeness (QED) is 0.927. The number of methoxy groups -OCH3 is 1. The predicted octanol–water partition coefficient (Wildman–Crippen LogP) is 2.35. The molecule has 5 nitrogen and oxygen atoms in total. The lowest BCUT2D eigenvalue weighted by Gasteiger charge is -2.35. The van der Waals surface area contributed by atoms with Gasteiger partial charge in [0.1, 0.15) is 5.60 Å². The Labute approximate surface area is 124 Å². The minimum absolute atomic E-state index is 0.419. The fourth-order valence-corrected chi connectivity index (χ4v) is 3.43. The van der Waals surface area contributed by atoms with E-state index in [4.69, 9.17) is 21.1 Å². The Morgan fingerprint density at radius 1 is 1.45 bits per heavy atom. The number of aliphatic hydroxyl groups is 1. The Bertz CT molecular complexity index is 499. The van der Waals surface area contributed by atoms with Gasteiger partial charge in [-0.05, 0) is 27.7 Å². The number of aromatic nitrogens is 2. The largest absolute Gasteiger partial charge is 0.383 e. The second-order valence-electron chi connectivity index (χ2n) is 6.47. The summed E-state index contributed by atoms with van der Waals surface area (Å²) >= 11 is 6.27. The average molecular weight is 303 g/mol. The Kier molecular flexibility index (Phi) is 3.93. The topological polar surface area (TPSA) is 56.5 Å². The van der Waals surface area contributed by atoms with Crippen LogP contribution in [0.2, 0.25) is 5.02 Å². The van der Waals surface area contributed by atoms with Crippen molar-refractivity contribution >= 4 is 11.6 Å². The molecule has 1 aromatic rings. The van der Waals surface area contributed by atoms with Crippen molar-refractivity contribution in [3.8, 4) is 0 Å². The zero-order valence-corrected chi connectivity index (χ0v) is 13.5. The van der Waals surface area contributed by atoms with E-state index in [1.54, 1.807) is 18.0 Å². The van der Waals surface area contributed by atoms with E-state index in [2.05, 4.69) is 5.10 Å². The lowest BCUT2D eigenvalue weighted by Crippen LogP contribution is -2.45. The zero-order valence-electron chi connectivity index (χ0n) is 12.7. The first-order valence-electron chi connectivity index (χ1n) is 6.76. The molecule has 1 aliphatic heterocycles. The molecule has 20 heavy (non-hydrogen) atoms. The second kappa shape index (κ2) is 4.98. The molecule has 1 aliphatic rings. The first-order valence-corrected chi connectivity index (χ1v) is 7.14. The van der Waals surface area contributed by atoms with Crippen LogP contribution in [0.5, 0.6) is 0 Å². The van der Waals surface area contributed by atoms with Crippen LogP contribution in [0.1, 0.15) is 39.8 Å². The predicted molar refractivity (Wildman–Crippen MR) is 76.9 cm³/mol. The highest BCUT2D eigenvalue weighted by molar-refractivity contribution is 6.31. The van der Waals surface area contributed by atoms with E-state index in [9.17, 15) is 5.11 Å². The Morgan fingerprint density at radius 2 is 2.10 bits per heavy atom. The lowest BCUT2D eigenvalue weighted by atomic mass is 9.80. The number of rotatable bonds is 4. The molecule has 0 aliphatic carbocycles. The normalized spacial score (nSPS) is 27.9. The minimum Gasteiger partial charge on any atom is -0.383 e. The Morgan fingerprint density at radius 3 is 2.60 bits per heavy atom. The van der Waals surface area contributed by atoms with Gasteiger partial charge in [0.2, 0.25) is 0 Å². The monoisotopic (exact) mass is 302 g/mol. The molecule has 1 aromatic heterocycles. The summed E-state index contributed by atoms with van der Waals surface area (Å²) in [5.74, 6) is 0. The molecule has 2 rings (SSSR count). The van der Waals surface area contributed by atoms with Gasteiger partial charge in [0.15, 0.2) is 0 Å². The van der Waals surface area contributed by atoms with Gasteiger partial charge in [-0.15, -0.1) is 0 Å². The molecule has 1 saturated heterocycles. The van der Waals surface area contributed by atoms with Crippen LogP contribution in [0, 0.1) is 0 Å². The molecule has 1 unspecified atom stereocenters. The van der Waals surface area contributed by atoms with E-state index >= 15 is 0 Å². The van der Waals surface area contributed by atoms with Crippen molar-refractivity contribution in [1.82, 2.24) is 9.78 Å². The molecule has 2 heterocycles. The number of ether oxygens (including phenoxy) is 2. The van der Waals surface area contributed by atoms with Crippen LogP contribution >= 0.6 is 11.6 Å². The van der Waals surface area contributed by atoms with Crippen LogP contribution in [0.4, 0.5) is 0 Å². The molecule has 0 bridgehead atoms. The number of nitrogens with zero attached hydrogens (tertiary/aromatic N) is 2. The Hall–Kier alpha value is -0.620. The van der Waals surface area contributed by atoms with Crippen LogP contribution in [0.25, 0.3) is 0 Å². The van der Waals surface area contributed by atoms with Crippen LogP contribution in [0.3, 0.4) is 0 Å². The van der Waals surface area contributed by atoms with Gasteiger partial charge in [-0.2, -0.15) is 5.10 Å². The maximum absolute atomic E-state index is 11.3. The van der Waals surface area contributed by atoms with Gasteiger partial charge in [-0.25, -0.2) is 0 Å². The van der Waals surface area contributed by atoms with Crippen molar-refractivity contribution < 1.29 is 14.6 Å². The second-order valence-corrected chi connectivity index (χ2v) is 6.87. The number of hydrogen-bond acceptors (Lipinski definition) is 4. The van der Waals surface area contributed by atoms with Gasteiger partial charge in [-0.3, -0.25) is 4.68 Å². The maximum atomic E-state index is 11.3. The SMILES string of the molecule is COCCn1ncc(Cl)c1C1(O)CC(C)(C)OC1(C)C. The molecule has 0 aromatic carbocycles. The van der Waals surface area contributed by atoms with Crippen molar-refractivity contribution in [2.75, 3.05) is 13.7 Å². The summed E-state index contributed by atoms with van der Waals surface area (Å²) in [4.78, 5) is 0. The first-order chi connectivity index (χ1) is 9.13. The summed E-state index contributed by atoms with van der Waals surface area (Å²) in [6.07, 6.45) is 2.03. The molecule has 114 valence electrons. The van der Waals surface area contributed by atoms with Gasteiger partial charge in [0.25, 0.3) is 0 Å². The molecule has 6 heteroatoms. The summed E-state index contributed by atoms with van der Waals surface area (Å²) in [5.41, 5.74) is -1.74. The van der Waals surface area contributed by atoms with Crippen LogP contribution < -0.4 is 0 Å². The highest BCUT2D eigenvalue weighted by Gasteiger charge is 2.59. The van der Waals surface area contributed by atoms with E-state index in [0.717, 1.165) is 0 Å². The molecule has 0 amide bonds. The van der Waals surface area contributed by atoms with E-state index in [1.165, 1.54) is 0 Å². The summed E-state index contributed by atoms with van der Waals surface area (Å²) in [7, 11) is 1.63. The number of hydrogen-bond donors (Lipinski definition) is 1. The number of halogens is 1. The third-order valence-electron chi connectivity index (χ3n) is 3.90. The lowest BCUT2D eigenvalue weighted by molar-refractivity contribution is -0.132. The molecular formula is C14H23ClN2O3. The molecule has 0 saturated carbocycles. The van der Waals surface area contributed by atoms with Gasteiger partial charge >= 0.3 is 0 Å². The van der Waals surface area contributed by atoms with E-state index < -0.39 is 16.8 Å². The van der Waals surface area contributed by atoms with Crippen molar-refractivity contribution in [2.24, 2.45) is 0 Å². The molecule has 1 N–H and O–H groups in total. The average Bonchev–Trinajstić information content (AvgIpc) is 2.72. The smallest absolute Gasteiger partial charge is 0.139 e. The highest BCUT2D eigenvalue weighted by atomic mass is 35.5. The fraction of sp³-hybridized carbons (Fsp3) is 0.786. The fourth-order valence-electron chi connectivity index (χ4n) is 3.13. The van der Waals surface area contributed by atoms with Crippen LogP contribution in [0.15, 0.2) is 6.20 Å². The summed E-state index contributed by atoms with van der Waals surface area (Å²) in [6, 6.07) is 0. The zero-order chi connectivity index (χ0) is 15.2. The van der Waals surface area contributed by atoms with Gasteiger partial charge < -0.3 is 14.6 Å². The van der Waals surface area contributed by atoms with Crippen molar-refractivity contribution in [3.05, 3.63) is 16.9 Å².